The standard InChI is InChI=1S/C91H155N13O36S/c1-69(79(106)6-5-61-141)100-88(113)77(92)68-98-85(110)73(65-96-82(109)14-16-120-22-24-124-30-32-128-38-40-132-46-48-136-54-56-140-60-58-138-52-50-134-44-42-130-36-34-126-28-26-122-20-18-118-4)63-80(107)70(2)99-87(112)72(62-76(105)11-12-78(90(115)116)102-86(111)71-7-9-74(10-8-71)94-66-75-67-97-84-83(101-75)89(114)104-91(93)103-84)64-95-81(108)13-15-119-21-23-123-29-31-127-37-39-131-45-47-135-53-55-139-59-57-137-51-49-133-43-41-129-35-33-125-27-25-121-19-17-117-3/h7-10,67,69-70,72-73,77-78,94,141H,5-6,11-66,68,92H2,1-4H3,(H,95,108)(H,96,109)(H,98,110)(H,99,112)(H,100,113)(H,102,111)(H,115,116)(H3,93,97,103,104,114)/t69-,70-,72-,73-,77-,78+/m0/s1. The third-order valence-corrected chi connectivity index (χ3v) is 19.8. The number of carboxylic acids is 1. The fourth-order valence-corrected chi connectivity index (χ4v) is 11.9. The molecule has 0 saturated heterocycles. The molecule has 2 heterocycles. The molecule has 3 aromatic rings. The summed E-state index contributed by atoms with van der Waals surface area (Å²) in [4.78, 5) is 162. The predicted molar refractivity (Wildman–Crippen MR) is 512 cm³/mol. The largest absolute Gasteiger partial charge is 0.480 e. The molecule has 806 valence electrons. The highest BCUT2D eigenvalue weighted by Crippen LogP contribution is 2.16. The minimum absolute atomic E-state index is 0.0237. The molecule has 141 heavy (non-hydrogen) atoms. The lowest BCUT2D eigenvalue weighted by molar-refractivity contribution is -0.140. The first kappa shape index (κ1) is 127. The number of thiol groups is 1. The van der Waals surface area contributed by atoms with Crippen LogP contribution >= 0.6 is 12.6 Å². The maximum absolute atomic E-state index is 14.3. The van der Waals surface area contributed by atoms with Gasteiger partial charge in [-0.1, -0.05) is 0 Å². The van der Waals surface area contributed by atoms with E-state index in [2.05, 4.69) is 69.8 Å². The number of nitrogens with two attached hydrogens (primary N) is 2. The second-order valence-electron chi connectivity index (χ2n) is 30.8. The van der Waals surface area contributed by atoms with Crippen LogP contribution in [0.1, 0.15) is 81.3 Å². The number of carbonyl (C=O) groups is 10. The molecule has 49 nitrogen and oxygen atoms in total. The van der Waals surface area contributed by atoms with Gasteiger partial charge in [-0.25, -0.2) is 14.8 Å². The summed E-state index contributed by atoms with van der Waals surface area (Å²) < 4.78 is 131. The van der Waals surface area contributed by atoms with Crippen LogP contribution in [0.5, 0.6) is 0 Å². The van der Waals surface area contributed by atoms with E-state index < -0.39 is 140 Å². The summed E-state index contributed by atoms with van der Waals surface area (Å²) in [5.41, 5.74) is 12.2. The number of H-pyrrole nitrogens is 1. The fraction of sp³-hybridized carbons (Fsp3) is 0.758. The highest BCUT2D eigenvalue weighted by atomic mass is 32.1. The minimum Gasteiger partial charge on any atom is -0.480 e. The van der Waals surface area contributed by atoms with Gasteiger partial charge in [-0.2, -0.15) is 17.6 Å². The van der Waals surface area contributed by atoms with Crippen LogP contribution in [0.2, 0.25) is 0 Å². The van der Waals surface area contributed by atoms with E-state index in [1.165, 1.54) is 32.2 Å². The van der Waals surface area contributed by atoms with Crippen LogP contribution in [0, 0.1) is 11.8 Å². The lowest BCUT2D eigenvalue weighted by atomic mass is 9.95. The number of nitrogens with one attached hydrogen (secondary N) is 8. The van der Waals surface area contributed by atoms with E-state index in [1.54, 1.807) is 26.4 Å². The van der Waals surface area contributed by atoms with Gasteiger partial charge in [0.25, 0.3) is 11.5 Å². The molecule has 1 aromatic carbocycles. The number of ether oxygens (including phenoxy) is 24. The molecule has 2 aromatic heterocycles. The summed E-state index contributed by atoms with van der Waals surface area (Å²) in [7, 11) is 3.24. The topological polar surface area (TPSA) is 620 Å². The van der Waals surface area contributed by atoms with Crippen LogP contribution in [0.15, 0.2) is 35.3 Å². The van der Waals surface area contributed by atoms with Gasteiger partial charge in [-0.15, -0.1) is 0 Å². The summed E-state index contributed by atoms with van der Waals surface area (Å²) in [6.07, 6.45) is -0.461. The number of rotatable bonds is 101. The Morgan fingerprint density at radius 1 is 0.404 bits per heavy atom. The first-order valence-electron chi connectivity index (χ1n) is 47.6. The number of amides is 6. The molecule has 6 amide bonds. The Morgan fingerprint density at radius 2 is 0.745 bits per heavy atom. The molecule has 0 aliphatic carbocycles. The maximum Gasteiger partial charge on any atom is 0.326 e. The summed E-state index contributed by atoms with van der Waals surface area (Å²) in [6, 6.07) is 0.676. The van der Waals surface area contributed by atoms with Crippen molar-refractivity contribution < 1.29 is 167 Å². The number of methoxy groups -OCH3 is 2. The van der Waals surface area contributed by atoms with E-state index in [1.807, 2.05) is 0 Å². The molecule has 3 rings (SSSR count). The molecule has 0 radical (unpaired) electrons. The third kappa shape index (κ3) is 70.2. The SMILES string of the molecule is COCCOCCOCCOCCOCCOCCOCCOCCOCCOCCOCCOCCC(=O)NC[C@H](CC(=O)[C@H](C)NC(=O)[C@H](CNC(=O)CCOCCOCCOCCOCCOCCOCCOCCOCCOCCOCCOCCOC)CC(=O)CC[C@@H](NC(=O)c1ccc(NCc2cnc3nc(N)[nH]c(=O)c3n2)cc1)C(=O)O)C(=O)NC[C@H](N)C(=O)N[C@@H](C)C(=O)CCCS. The van der Waals surface area contributed by atoms with E-state index in [9.17, 15) is 57.8 Å². The number of benzene rings is 1. The molecule has 0 aliphatic heterocycles. The zero-order chi connectivity index (χ0) is 102. The molecule has 0 fully saturated rings. The Kier molecular flexibility index (Phi) is 79.3. The Balaban J connectivity index is 1.46. The van der Waals surface area contributed by atoms with Crippen molar-refractivity contribution in [1.82, 2.24) is 51.8 Å². The predicted octanol–water partition coefficient (Wildman–Crippen LogP) is -1.58. The van der Waals surface area contributed by atoms with Crippen molar-refractivity contribution in [3.63, 3.8) is 0 Å². The zero-order valence-corrected chi connectivity index (χ0v) is 83.1. The average Bonchev–Trinajstić information content (AvgIpc) is 0.809. The molecule has 0 spiro atoms. The number of hydrogen-bond acceptors (Lipinski definition) is 42. The summed E-state index contributed by atoms with van der Waals surface area (Å²) in [5.74, 6) is -9.96. The molecule has 13 N–H and O–H groups in total. The number of ketones is 3. The number of aromatic amines is 1. The molecule has 0 aliphatic rings. The van der Waals surface area contributed by atoms with Crippen LogP contribution < -0.4 is 54.2 Å². The number of hydrogen-bond donors (Lipinski definition) is 12. The van der Waals surface area contributed by atoms with Crippen LogP contribution in [0.25, 0.3) is 11.2 Å². The van der Waals surface area contributed by atoms with Gasteiger partial charge < -0.3 is 167 Å². The van der Waals surface area contributed by atoms with Gasteiger partial charge in [-0.3, -0.25) is 52.9 Å². The molecule has 0 saturated carbocycles. The van der Waals surface area contributed by atoms with Crippen molar-refractivity contribution in [2.24, 2.45) is 17.6 Å². The summed E-state index contributed by atoms with van der Waals surface area (Å²) in [5, 5.41) is 28.6. The smallest absolute Gasteiger partial charge is 0.326 e. The number of nitrogens with zero attached hydrogens (tertiary/aromatic N) is 3. The number of aliphatic carboxylic acids is 1. The molecular formula is C91H155N13O36S. The first-order valence-corrected chi connectivity index (χ1v) is 48.2. The molecule has 50 heteroatoms. The fourth-order valence-electron chi connectivity index (χ4n) is 11.7. The Hall–Kier alpha value is -8.31. The highest BCUT2D eigenvalue weighted by molar-refractivity contribution is 7.80. The van der Waals surface area contributed by atoms with Crippen LogP contribution in [0.3, 0.4) is 0 Å². The Morgan fingerprint density at radius 3 is 1.10 bits per heavy atom. The second-order valence-corrected chi connectivity index (χ2v) is 31.2. The minimum atomic E-state index is -1.60. The summed E-state index contributed by atoms with van der Waals surface area (Å²) >= 11 is 4.13. The first-order chi connectivity index (χ1) is 68.6. The van der Waals surface area contributed by atoms with Gasteiger partial charge >= 0.3 is 5.97 Å². The van der Waals surface area contributed by atoms with E-state index in [4.69, 9.17) is 125 Å². The van der Waals surface area contributed by atoms with Crippen molar-refractivity contribution in [2.75, 3.05) is 355 Å². The van der Waals surface area contributed by atoms with Crippen molar-refractivity contribution in [2.45, 2.75) is 95.9 Å². The number of nitrogen functional groups attached to an aromatic ring is 1. The number of anilines is 2. The van der Waals surface area contributed by atoms with E-state index in [-0.39, 0.29) is 120 Å². The van der Waals surface area contributed by atoms with Gasteiger partial charge in [0.1, 0.15) is 17.9 Å². The van der Waals surface area contributed by atoms with Gasteiger partial charge in [-0.05, 0) is 56.7 Å². The average molecular weight is 2040 g/mol. The second kappa shape index (κ2) is 88.2. The van der Waals surface area contributed by atoms with E-state index in [0.29, 0.717) is 261 Å². The summed E-state index contributed by atoms with van der Waals surface area (Å²) in [6.45, 7) is 18.8. The monoisotopic (exact) mass is 2040 g/mol. The molecule has 6 atom stereocenters. The lowest BCUT2D eigenvalue weighted by Crippen LogP contribution is -2.53. The van der Waals surface area contributed by atoms with Crippen molar-refractivity contribution in [3.8, 4) is 0 Å². The number of Topliss-reactive ketones (excluding diaryl/α,β-unsaturated/α-hetero) is 3. The maximum atomic E-state index is 14.3. The number of carbonyl (C=O) groups excluding carboxylic acids is 9. The van der Waals surface area contributed by atoms with Gasteiger partial charge in [0.2, 0.25) is 35.5 Å². The lowest BCUT2D eigenvalue weighted by Gasteiger charge is -2.23. The zero-order valence-electron chi connectivity index (χ0n) is 82.2. The normalized spacial score (nSPS) is 12.8. The van der Waals surface area contributed by atoms with E-state index >= 15 is 0 Å². The number of carboxylic acid groups (broad SMARTS) is 1. The van der Waals surface area contributed by atoms with Crippen molar-refractivity contribution in [3.05, 3.63) is 52.1 Å². The molecule has 0 unspecified atom stereocenters. The number of fused-ring (bicyclic) bond motifs is 1. The Labute approximate surface area is 829 Å². The van der Waals surface area contributed by atoms with Gasteiger partial charge in [0.05, 0.1) is 346 Å². The van der Waals surface area contributed by atoms with Crippen LogP contribution in [0.4, 0.5) is 11.6 Å². The van der Waals surface area contributed by atoms with Gasteiger partial charge in [0, 0.05) is 83.6 Å². The van der Waals surface area contributed by atoms with Gasteiger partial charge in [0.15, 0.2) is 22.7 Å². The third-order valence-electron chi connectivity index (χ3n) is 19.5. The molecular weight excluding hydrogens is 1880 g/mol. The van der Waals surface area contributed by atoms with Crippen molar-refractivity contribution in [1.29, 1.82) is 0 Å². The quantitative estimate of drug-likeness (QED) is 0.0224. The Bertz CT molecular complexity index is 3830. The van der Waals surface area contributed by atoms with Crippen LogP contribution in [-0.4, -0.2) is 451 Å². The highest BCUT2D eigenvalue weighted by Gasteiger charge is 2.32. The van der Waals surface area contributed by atoms with Crippen molar-refractivity contribution >= 4 is 94.2 Å². The molecule has 0 bridgehead atoms. The van der Waals surface area contributed by atoms with Crippen LogP contribution in [-0.2, 0) is 163 Å². The van der Waals surface area contributed by atoms with E-state index in [0.717, 1.165) is 0 Å². The number of aromatic nitrogens is 4.